The highest BCUT2D eigenvalue weighted by molar-refractivity contribution is 5.96. The van der Waals surface area contributed by atoms with Crippen molar-refractivity contribution in [2.24, 2.45) is 0 Å². The van der Waals surface area contributed by atoms with Crippen LogP contribution in [0.4, 0.5) is 5.82 Å². The van der Waals surface area contributed by atoms with E-state index in [1.165, 1.54) is 0 Å². The largest absolute Gasteiger partial charge is 0.367 e. The Balaban J connectivity index is 1.79. The lowest BCUT2D eigenvalue weighted by molar-refractivity contribution is -0.145. The molecule has 24 heavy (non-hydrogen) atoms. The summed E-state index contributed by atoms with van der Waals surface area (Å²) in [5, 5.41) is 6.12. The molecule has 3 rings (SSSR count). The van der Waals surface area contributed by atoms with E-state index >= 15 is 0 Å². The first-order valence-electron chi connectivity index (χ1n) is 8.24. The van der Waals surface area contributed by atoms with Crippen LogP contribution in [0.5, 0.6) is 0 Å². The summed E-state index contributed by atoms with van der Waals surface area (Å²) in [6, 6.07) is 0. The fraction of sp³-hybridized carbons (Fsp3) is 0.625. The topological polar surface area (TPSA) is 96.5 Å². The van der Waals surface area contributed by atoms with Crippen molar-refractivity contribution in [1.29, 1.82) is 0 Å². The van der Waals surface area contributed by atoms with E-state index in [-0.39, 0.29) is 30.4 Å². The lowest BCUT2D eigenvalue weighted by Crippen LogP contribution is -2.47. The standard InChI is InChI=1S/C16H23N5O3/c1-9(2)14-19-13-11(4-5-17-16(13)23)15(20-14)18-6-10-7-21(3)12(22)8-24-10/h9-10H,4-8H2,1-3H3,(H,17,23)(H,18,19,20). The monoisotopic (exact) mass is 333 g/mol. The number of ether oxygens (including phenoxy) is 1. The summed E-state index contributed by atoms with van der Waals surface area (Å²) in [6.07, 6.45) is 0.601. The van der Waals surface area contributed by atoms with Gasteiger partial charge in [0.15, 0.2) is 0 Å². The van der Waals surface area contributed by atoms with Gasteiger partial charge in [-0.1, -0.05) is 13.8 Å². The summed E-state index contributed by atoms with van der Waals surface area (Å²) in [5.74, 6) is 1.31. The van der Waals surface area contributed by atoms with Crippen LogP contribution in [0, 0.1) is 0 Å². The van der Waals surface area contributed by atoms with Gasteiger partial charge in [-0.3, -0.25) is 9.59 Å². The van der Waals surface area contributed by atoms with E-state index < -0.39 is 0 Å². The molecule has 8 nitrogen and oxygen atoms in total. The van der Waals surface area contributed by atoms with E-state index in [4.69, 9.17) is 4.74 Å². The predicted octanol–water partition coefficient (Wildman–Crippen LogP) is 0.155. The second kappa shape index (κ2) is 6.72. The Kier molecular flexibility index (Phi) is 4.66. The summed E-state index contributed by atoms with van der Waals surface area (Å²) < 4.78 is 5.55. The molecule has 2 N–H and O–H groups in total. The van der Waals surface area contributed by atoms with Gasteiger partial charge in [0, 0.05) is 38.2 Å². The van der Waals surface area contributed by atoms with Gasteiger partial charge in [-0.15, -0.1) is 0 Å². The van der Waals surface area contributed by atoms with Gasteiger partial charge in [0.05, 0.1) is 6.10 Å². The maximum atomic E-state index is 12.1. The predicted molar refractivity (Wildman–Crippen MR) is 88.0 cm³/mol. The second-order valence-electron chi connectivity index (χ2n) is 6.51. The number of amides is 2. The number of morpholine rings is 1. The third kappa shape index (κ3) is 3.33. The molecule has 0 radical (unpaired) electrons. The van der Waals surface area contributed by atoms with Crippen molar-refractivity contribution in [1.82, 2.24) is 20.2 Å². The van der Waals surface area contributed by atoms with E-state index in [0.29, 0.717) is 43.4 Å². The fourth-order valence-electron chi connectivity index (χ4n) is 2.81. The normalized spacial score (nSPS) is 20.8. The highest BCUT2D eigenvalue weighted by atomic mass is 16.5. The van der Waals surface area contributed by atoms with Gasteiger partial charge in [0.25, 0.3) is 5.91 Å². The van der Waals surface area contributed by atoms with Crippen molar-refractivity contribution in [2.45, 2.75) is 32.3 Å². The van der Waals surface area contributed by atoms with E-state index in [9.17, 15) is 9.59 Å². The number of carbonyl (C=O) groups is 2. The smallest absolute Gasteiger partial charge is 0.270 e. The number of nitrogens with one attached hydrogen (secondary N) is 2. The zero-order valence-electron chi connectivity index (χ0n) is 14.3. The number of hydrogen-bond donors (Lipinski definition) is 2. The van der Waals surface area contributed by atoms with Crippen LogP contribution < -0.4 is 10.6 Å². The number of anilines is 1. The van der Waals surface area contributed by atoms with Gasteiger partial charge in [-0.2, -0.15) is 0 Å². The van der Waals surface area contributed by atoms with Crippen LogP contribution in [0.3, 0.4) is 0 Å². The molecule has 0 aromatic carbocycles. The third-order valence-corrected chi connectivity index (χ3v) is 4.26. The van der Waals surface area contributed by atoms with Crippen LogP contribution in [0.1, 0.15) is 41.6 Å². The van der Waals surface area contributed by atoms with Gasteiger partial charge in [0.1, 0.15) is 23.9 Å². The lowest BCUT2D eigenvalue weighted by atomic mass is 10.1. The summed E-state index contributed by atoms with van der Waals surface area (Å²) in [6.45, 7) is 5.75. The average molecular weight is 333 g/mol. The van der Waals surface area contributed by atoms with E-state index in [1.807, 2.05) is 13.8 Å². The van der Waals surface area contributed by atoms with Crippen LogP contribution in [-0.2, 0) is 16.0 Å². The summed E-state index contributed by atoms with van der Waals surface area (Å²) >= 11 is 0. The number of nitrogens with zero attached hydrogens (tertiary/aromatic N) is 3. The molecule has 8 heteroatoms. The first kappa shape index (κ1) is 16.6. The minimum absolute atomic E-state index is 0.00979. The number of rotatable bonds is 4. The molecule has 2 aliphatic rings. The molecule has 1 aromatic rings. The Bertz CT molecular complexity index is 661. The summed E-state index contributed by atoms with van der Waals surface area (Å²) in [4.78, 5) is 34.3. The molecule has 0 spiro atoms. The van der Waals surface area contributed by atoms with Crippen LogP contribution in [-0.4, -0.2) is 66.1 Å². The van der Waals surface area contributed by atoms with Crippen molar-refractivity contribution >= 4 is 17.6 Å². The molecular weight excluding hydrogens is 310 g/mol. The third-order valence-electron chi connectivity index (χ3n) is 4.26. The maximum absolute atomic E-state index is 12.1. The molecule has 1 saturated heterocycles. The van der Waals surface area contributed by atoms with Crippen LogP contribution >= 0.6 is 0 Å². The fourth-order valence-corrected chi connectivity index (χ4v) is 2.81. The number of likely N-dealkylation sites (N-methyl/N-ethyl adjacent to an activating group) is 1. The molecule has 1 aromatic heterocycles. The van der Waals surface area contributed by atoms with Crippen molar-refractivity contribution in [3.63, 3.8) is 0 Å². The Morgan fingerprint density at radius 2 is 2.17 bits per heavy atom. The number of fused-ring (bicyclic) bond motifs is 1. The number of carbonyl (C=O) groups excluding carboxylic acids is 2. The Morgan fingerprint density at radius 3 is 2.88 bits per heavy atom. The SMILES string of the molecule is CC(C)c1nc(NCC2CN(C)C(=O)CO2)c2c(n1)C(=O)NCC2. The molecule has 0 saturated carbocycles. The van der Waals surface area contributed by atoms with Gasteiger partial charge in [-0.25, -0.2) is 9.97 Å². The summed E-state index contributed by atoms with van der Waals surface area (Å²) in [5.41, 5.74) is 1.31. The molecule has 3 heterocycles. The molecule has 2 amide bonds. The second-order valence-corrected chi connectivity index (χ2v) is 6.51. The molecular formula is C16H23N5O3. The van der Waals surface area contributed by atoms with E-state index in [0.717, 1.165) is 5.56 Å². The molecule has 1 atom stereocenters. The van der Waals surface area contributed by atoms with Gasteiger partial charge < -0.3 is 20.3 Å². The number of aromatic nitrogens is 2. The Morgan fingerprint density at radius 1 is 1.38 bits per heavy atom. The zero-order valence-corrected chi connectivity index (χ0v) is 14.3. The van der Waals surface area contributed by atoms with E-state index in [1.54, 1.807) is 11.9 Å². The quantitative estimate of drug-likeness (QED) is 0.814. The molecule has 2 aliphatic heterocycles. The highest BCUT2D eigenvalue weighted by Gasteiger charge is 2.26. The Labute approximate surface area is 141 Å². The van der Waals surface area contributed by atoms with Gasteiger partial charge in [0.2, 0.25) is 5.91 Å². The minimum Gasteiger partial charge on any atom is -0.367 e. The maximum Gasteiger partial charge on any atom is 0.270 e. The van der Waals surface area contributed by atoms with Crippen LogP contribution in [0.15, 0.2) is 0 Å². The van der Waals surface area contributed by atoms with Crippen LogP contribution in [0.25, 0.3) is 0 Å². The summed E-state index contributed by atoms with van der Waals surface area (Å²) in [7, 11) is 1.77. The zero-order chi connectivity index (χ0) is 17.3. The first-order chi connectivity index (χ1) is 11.5. The van der Waals surface area contributed by atoms with Crippen molar-refractivity contribution in [3.8, 4) is 0 Å². The van der Waals surface area contributed by atoms with Crippen molar-refractivity contribution in [2.75, 3.05) is 38.6 Å². The minimum atomic E-state index is -0.150. The Hall–Kier alpha value is -2.22. The van der Waals surface area contributed by atoms with E-state index in [2.05, 4.69) is 20.6 Å². The molecule has 1 fully saturated rings. The molecule has 0 aliphatic carbocycles. The van der Waals surface area contributed by atoms with Crippen molar-refractivity contribution in [3.05, 3.63) is 17.1 Å². The highest BCUT2D eigenvalue weighted by Crippen LogP contribution is 2.23. The number of hydrogen-bond acceptors (Lipinski definition) is 6. The molecule has 130 valence electrons. The molecule has 0 bridgehead atoms. The van der Waals surface area contributed by atoms with Crippen molar-refractivity contribution < 1.29 is 14.3 Å². The van der Waals surface area contributed by atoms with Crippen LogP contribution in [0.2, 0.25) is 0 Å². The first-order valence-corrected chi connectivity index (χ1v) is 8.24. The van der Waals surface area contributed by atoms with Gasteiger partial charge in [-0.05, 0) is 6.42 Å². The molecule has 1 unspecified atom stereocenters. The lowest BCUT2D eigenvalue weighted by Gasteiger charge is -2.30. The average Bonchev–Trinajstić information content (AvgIpc) is 2.56. The van der Waals surface area contributed by atoms with Gasteiger partial charge >= 0.3 is 0 Å².